The summed E-state index contributed by atoms with van der Waals surface area (Å²) in [7, 11) is 1.98. The van der Waals surface area contributed by atoms with E-state index in [1.54, 1.807) is 12.1 Å². The average Bonchev–Trinajstić information content (AvgIpc) is 2.76. The Morgan fingerprint density at radius 3 is 2.75 bits per heavy atom. The smallest absolute Gasteiger partial charge is 0.123 e. The Bertz CT molecular complexity index is 762. The second-order valence-electron chi connectivity index (χ2n) is 4.88. The van der Waals surface area contributed by atoms with Gasteiger partial charge in [-0.2, -0.15) is 0 Å². The maximum atomic E-state index is 13.2. The molecule has 0 spiro atoms. The lowest BCUT2D eigenvalue weighted by Crippen LogP contribution is -1.99. The second-order valence-corrected chi connectivity index (χ2v) is 4.88. The summed E-state index contributed by atoms with van der Waals surface area (Å²) in [6.45, 7) is 0.466. The van der Waals surface area contributed by atoms with Gasteiger partial charge in [-0.05, 0) is 29.3 Å². The number of nitrogens with zero attached hydrogens (tertiary/aromatic N) is 2. The Labute approximate surface area is 116 Å². The third kappa shape index (κ3) is 2.18. The fourth-order valence-electron chi connectivity index (χ4n) is 2.47. The van der Waals surface area contributed by atoms with Crippen LogP contribution >= 0.6 is 0 Å². The second kappa shape index (κ2) is 5.06. The van der Waals surface area contributed by atoms with Gasteiger partial charge in [0.05, 0.1) is 11.0 Å². The van der Waals surface area contributed by atoms with E-state index in [0.29, 0.717) is 13.0 Å². The Balaban J connectivity index is 2.06. The highest BCUT2D eigenvalue weighted by Gasteiger charge is 2.11. The lowest BCUT2D eigenvalue weighted by atomic mass is 10.1. The molecule has 1 heterocycles. The zero-order valence-electron chi connectivity index (χ0n) is 11.3. The predicted molar refractivity (Wildman–Crippen MR) is 77.8 cm³/mol. The van der Waals surface area contributed by atoms with Crippen molar-refractivity contribution in [2.45, 2.75) is 13.0 Å². The molecular formula is C16H16FN3. The molecule has 4 heteroatoms. The van der Waals surface area contributed by atoms with Crippen LogP contribution in [0.2, 0.25) is 0 Å². The van der Waals surface area contributed by atoms with Crippen molar-refractivity contribution in [3.63, 3.8) is 0 Å². The number of hydrogen-bond donors (Lipinski definition) is 1. The first kappa shape index (κ1) is 12.8. The first-order chi connectivity index (χ1) is 9.69. The molecule has 2 aromatic carbocycles. The van der Waals surface area contributed by atoms with E-state index in [1.165, 1.54) is 6.07 Å². The molecule has 0 aliphatic carbocycles. The van der Waals surface area contributed by atoms with Gasteiger partial charge in [0.25, 0.3) is 0 Å². The van der Waals surface area contributed by atoms with E-state index in [1.807, 2.05) is 35.9 Å². The van der Waals surface area contributed by atoms with Crippen LogP contribution in [0.3, 0.4) is 0 Å². The summed E-state index contributed by atoms with van der Waals surface area (Å²) in [4.78, 5) is 4.67. The minimum atomic E-state index is -0.219. The fourth-order valence-corrected chi connectivity index (χ4v) is 2.47. The minimum Gasteiger partial charge on any atom is -0.331 e. The molecule has 1 aromatic heterocycles. The van der Waals surface area contributed by atoms with E-state index in [0.717, 1.165) is 28.0 Å². The largest absolute Gasteiger partial charge is 0.331 e. The monoisotopic (exact) mass is 269 g/mol. The molecule has 3 nitrogen and oxygen atoms in total. The summed E-state index contributed by atoms with van der Waals surface area (Å²) in [6, 6.07) is 12.6. The number of halogens is 1. The number of rotatable bonds is 3. The molecule has 0 amide bonds. The summed E-state index contributed by atoms with van der Waals surface area (Å²) in [5, 5.41) is 0. The van der Waals surface area contributed by atoms with Crippen molar-refractivity contribution >= 4 is 11.0 Å². The molecule has 0 saturated carbocycles. The van der Waals surface area contributed by atoms with Gasteiger partial charge in [-0.25, -0.2) is 9.37 Å². The highest BCUT2D eigenvalue weighted by Crippen LogP contribution is 2.20. The minimum absolute atomic E-state index is 0.219. The Hall–Kier alpha value is -2.20. The topological polar surface area (TPSA) is 43.8 Å². The third-order valence-electron chi connectivity index (χ3n) is 3.56. The van der Waals surface area contributed by atoms with Crippen molar-refractivity contribution in [2.75, 3.05) is 0 Å². The van der Waals surface area contributed by atoms with Gasteiger partial charge < -0.3 is 10.3 Å². The lowest BCUT2D eigenvalue weighted by molar-refractivity contribution is 0.625. The van der Waals surface area contributed by atoms with Crippen LogP contribution in [0.1, 0.15) is 17.0 Å². The Morgan fingerprint density at radius 1 is 1.20 bits per heavy atom. The molecule has 0 saturated heterocycles. The number of nitrogens with two attached hydrogens (primary N) is 1. The first-order valence-corrected chi connectivity index (χ1v) is 6.56. The van der Waals surface area contributed by atoms with E-state index in [-0.39, 0.29) is 5.82 Å². The van der Waals surface area contributed by atoms with Crippen LogP contribution in [-0.2, 0) is 20.0 Å². The van der Waals surface area contributed by atoms with Crippen molar-refractivity contribution in [1.29, 1.82) is 0 Å². The summed E-state index contributed by atoms with van der Waals surface area (Å²) in [6.07, 6.45) is 0.604. The predicted octanol–water partition coefficient (Wildman–Crippen LogP) is 2.76. The van der Waals surface area contributed by atoms with E-state index in [9.17, 15) is 4.39 Å². The summed E-state index contributed by atoms with van der Waals surface area (Å²) >= 11 is 0. The standard InChI is InChI=1S/C16H16FN3/c1-20-14-7-3-5-12(10-18)16(14)19-15(20)9-11-4-2-6-13(17)8-11/h2-8H,9-10,18H2,1H3. The van der Waals surface area contributed by atoms with Crippen LogP contribution in [0.5, 0.6) is 0 Å². The van der Waals surface area contributed by atoms with Gasteiger partial charge in [0.15, 0.2) is 0 Å². The molecule has 2 N–H and O–H groups in total. The lowest BCUT2D eigenvalue weighted by Gasteiger charge is -2.03. The molecule has 0 aliphatic rings. The normalized spacial score (nSPS) is 11.2. The van der Waals surface area contributed by atoms with Gasteiger partial charge in [-0.3, -0.25) is 0 Å². The van der Waals surface area contributed by atoms with Crippen LogP contribution in [0.15, 0.2) is 42.5 Å². The van der Waals surface area contributed by atoms with Crippen LogP contribution in [0.4, 0.5) is 4.39 Å². The molecule has 0 unspecified atom stereocenters. The fraction of sp³-hybridized carbons (Fsp3) is 0.188. The summed E-state index contributed by atoms with van der Waals surface area (Å²) < 4.78 is 15.3. The van der Waals surface area contributed by atoms with Gasteiger partial charge in [0, 0.05) is 20.0 Å². The zero-order valence-corrected chi connectivity index (χ0v) is 11.3. The maximum Gasteiger partial charge on any atom is 0.123 e. The van der Waals surface area contributed by atoms with E-state index in [4.69, 9.17) is 5.73 Å². The van der Waals surface area contributed by atoms with Crippen LogP contribution in [0.25, 0.3) is 11.0 Å². The zero-order chi connectivity index (χ0) is 14.1. The molecule has 20 heavy (non-hydrogen) atoms. The molecular weight excluding hydrogens is 253 g/mol. The molecule has 0 aliphatic heterocycles. The van der Waals surface area contributed by atoms with E-state index in [2.05, 4.69) is 4.98 Å². The van der Waals surface area contributed by atoms with Crippen LogP contribution < -0.4 is 5.73 Å². The third-order valence-corrected chi connectivity index (χ3v) is 3.56. The number of para-hydroxylation sites is 1. The van der Waals surface area contributed by atoms with Gasteiger partial charge in [-0.15, -0.1) is 0 Å². The van der Waals surface area contributed by atoms with Crippen LogP contribution in [0, 0.1) is 5.82 Å². The number of imidazole rings is 1. The SMILES string of the molecule is Cn1c(Cc2cccc(F)c2)nc2c(CN)cccc21. The van der Waals surface area contributed by atoms with Gasteiger partial charge in [0.2, 0.25) is 0 Å². The molecule has 0 atom stereocenters. The first-order valence-electron chi connectivity index (χ1n) is 6.56. The Kier molecular flexibility index (Phi) is 3.24. The highest BCUT2D eigenvalue weighted by atomic mass is 19.1. The van der Waals surface area contributed by atoms with Crippen LogP contribution in [-0.4, -0.2) is 9.55 Å². The number of hydrogen-bond acceptors (Lipinski definition) is 2. The van der Waals surface area contributed by atoms with Crippen molar-refractivity contribution in [2.24, 2.45) is 12.8 Å². The number of fused-ring (bicyclic) bond motifs is 1. The molecule has 0 bridgehead atoms. The van der Waals surface area contributed by atoms with Crippen molar-refractivity contribution in [3.05, 3.63) is 65.2 Å². The Morgan fingerprint density at radius 2 is 2.00 bits per heavy atom. The van der Waals surface area contributed by atoms with E-state index >= 15 is 0 Å². The van der Waals surface area contributed by atoms with E-state index < -0.39 is 0 Å². The highest BCUT2D eigenvalue weighted by molar-refractivity contribution is 5.79. The summed E-state index contributed by atoms with van der Waals surface area (Å²) in [5.41, 5.74) is 9.68. The van der Waals surface area contributed by atoms with Gasteiger partial charge in [0.1, 0.15) is 11.6 Å². The number of benzene rings is 2. The quantitative estimate of drug-likeness (QED) is 0.794. The molecule has 102 valence electrons. The van der Waals surface area contributed by atoms with Gasteiger partial charge in [-0.1, -0.05) is 24.3 Å². The van der Waals surface area contributed by atoms with Crippen molar-refractivity contribution in [3.8, 4) is 0 Å². The summed E-state index contributed by atoms with van der Waals surface area (Å²) in [5.74, 6) is 0.690. The maximum absolute atomic E-state index is 13.2. The molecule has 3 rings (SSSR count). The van der Waals surface area contributed by atoms with Gasteiger partial charge >= 0.3 is 0 Å². The molecule has 0 fully saturated rings. The molecule has 3 aromatic rings. The average molecular weight is 269 g/mol. The number of aromatic nitrogens is 2. The van der Waals surface area contributed by atoms with Crippen molar-refractivity contribution in [1.82, 2.24) is 9.55 Å². The number of aryl methyl sites for hydroxylation is 1. The molecule has 0 radical (unpaired) electrons. The van der Waals surface area contributed by atoms with Crippen molar-refractivity contribution < 1.29 is 4.39 Å².